The Bertz CT molecular complexity index is 1340. The molecule has 6 nitrogen and oxygen atoms in total. The summed E-state index contributed by atoms with van der Waals surface area (Å²) >= 11 is 0. The zero-order valence-corrected chi connectivity index (χ0v) is 16.2. The van der Waals surface area contributed by atoms with Crippen LogP contribution in [0.25, 0.3) is 21.8 Å². The van der Waals surface area contributed by atoms with E-state index >= 15 is 0 Å². The lowest BCUT2D eigenvalue weighted by Gasteiger charge is -2.20. The predicted molar refractivity (Wildman–Crippen MR) is 109 cm³/mol. The summed E-state index contributed by atoms with van der Waals surface area (Å²) in [5, 5.41) is 10.8. The lowest BCUT2D eigenvalue weighted by molar-refractivity contribution is -0.137. The highest BCUT2D eigenvalue weighted by Gasteiger charge is 2.22. The maximum absolute atomic E-state index is 13.2. The maximum atomic E-state index is 13.2. The van der Waals surface area contributed by atoms with Crippen LogP contribution >= 0.6 is 0 Å². The summed E-state index contributed by atoms with van der Waals surface area (Å²) in [7, 11) is -2.45. The molecule has 4 aromatic rings. The van der Waals surface area contributed by atoms with Gasteiger partial charge in [0.15, 0.2) is 0 Å². The molecule has 3 aromatic carbocycles. The summed E-state index contributed by atoms with van der Waals surface area (Å²) in [6.45, 7) is -0.201. The summed E-state index contributed by atoms with van der Waals surface area (Å²) in [4.78, 5) is 11.3. The van der Waals surface area contributed by atoms with Gasteiger partial charge in [0.05, 0.1) is 10.6 Å². The molecule has 0 bridgehead atoms. The standard InChI is InChI=1S/C21H17FN2O4S/c1-23(29(27,28)16-9-6-14(22)7-10-16)15-8-11-20-18(12-15)17-4-2-3-5-19(17)24(20)13-21(25)26/h2-12H,13H2,1H3,(H,25,26). The van der Waals surface area contributed by atoms with Crippen molar-refractivity contribution in [1.29, 1.82) is 0 Å². The fourth-order valence-corrected chi connectivity index (χ4v) is 4.63. The van der Waals surface area contributed by atoms with E-state index in [-0.39, 0.29) is 11.4 Å². The molecule has 0 aliphatic rings. The number of carboxylic acids is 1. The fourth-order valence-electron chi connectivity index (χ4n) is 3.45. The van der Waals surface area contributed by atoms with Gasteiger partial charge in [0.25, 0.3) is 10.0 Å². The van der Waals surface area contributed by atoms with E-state index in [4.69, 9.17) is 0 Å². The Hall–Kier alpha value is -3.39. The van der Waals surface area contributed by atoms with Crippen molar-refractivity contribution in [2.24, 2.45) is 0 Å². The van der Waals surface area contributed by atoms with Crippen LogP contribution in [0.1, 0.15) is 0 Å². The van der Waals surface area contributed by atoms with Crippen molar-refractivity contribution in [2.45, 2.75) is 11.4 Å². The SMILES string of the molecule is CN(c1ccc2c(c1)c1ccccc1n2CC(=O)O)S(=O)(=O)c1ccc(F)cc1. The minimum atomic E-state index is -3.88. The van der Waals surface area contributed by atoms with Gasteiger partial charge in [-0.05, 0) is 48.5 Å². The molecule has 0 saturated heterocycles. The first kappa shape index (κ1) is 18.9. The highest BCUT2D eigenvalue weighted by Crippen LogP contribution is 2.33. The molecule has 1 aromatic heterocycles. The Balaban J connectivity index is 1.86. The van der Waals surface area contributed by atoms with Crippen LogP contribution in [0, 0.1) is 5.82 Å². The van der Waals surface area contributed by atoms with Crippen LogP contribution in [-0.4, -0.2) is 31.1 Å². The minimum Gasteiger partial charge on any atom is -0.480 e. The van der Waals surface area contributed by atoms with Gasteiger partial charge >= 0.3 is 5.97 Å². The van der Waals surface area contributed by atoms with E-state index in [1.165, 1.54) is 19.2 Å². The lowest BCUT2D eigenvalue weighted by atomic mass is 10.1. The zero-order chi connectivity index (χ0) is 20.8. The Morgan fingerprint density at radius 3 is 2.34 bits per heavy atom. The number of para-hydroxylation sites is 1. The number of carbonyl (C=O) groups is 1. The van der Waals surface area contributed by atoms with Crippen molar-refractivity contribution in [3.05, 3.63) is 72.5 Å². The Labute approximate surface area is 166 Å². The van der Waals surface area contributed by atoms with Gasteiger partial charge in [-0.2, -0.15) is 0 Å². The number of sulfonamides is 1. The summed E-state index contributed by atoms with van der Waals surface area (Å²) in [6.07, 6.45) is 0. The van der Waals surface area contributed by atoms with E-state index in [0.717, 1.165) is 32.7 Å². The lowest BCUT2D eigenvalue weighted by Crippen LogP contribution is -2.26. The number of aromatic nitrogens is 1. The molecule has 0 fully saturated rings. The summed E-state index contributed by atoms with van der Waals surface area (Å²) in [5.74, 6) is -1.48. The number of fused-ring (bicyclic) bond motifs is 3. The molecule has 1 N–H and O–H groups in total. The van der Waals surface area contributed by atoms with E-state index in [1.54, 1.807) is 22.8 Å². The molecule has 0 amide bonds. The van der Waals surface area contributed by atoms with Gasteiger partial charge in [0, 0.05) is 28.9 Å². The second-order valence-corrected chi connectivity index (χ2v) is 8.59. The first-order valence-electron chi connectivity index (χ1n) is 8.76. The smallest absolute Gasteiger partial charge is 0.323 e. The maximum Gasteiger partial charge on any atom is 0.323 e. The first-order valence-corrected chi connectivity index (χ1v) is 10.2. The van der Waals surface area contributed by atoms with Gasteiger partial charge in [0.1, 0.15) is 12.4 Å². The van der Waals surface area contributed by atoms with E-state index in [1.807, 2.05) is 24.3 Å². The van der Waals surface area contributed by atoms with Crippen LogP contribution in [0.2, 0.25) is 0 Å². The third kappa shape index (κ3) is 3.21. The number of benzene rings is 3. The van der Waals surface area contributed by atoms with Crippen molar-refractivity contribution >= 4 is 43.5 Å². The monoisotopic (exact) mass is 412 g/mol. The van der Waals surface area contributed by atoms with Crippen LogP contribution in [-0.2, 0) is 21.4 Å². The molecule has 0 saturated carbocycles. The number of aliphatic carboxylic acids is 1. The Kier molecular flexibility index (Phi) is 4.50. The van der Waals surface area contributed by atoms with Crippen molar-refractivity contribution in [1.82, 2.24) is 4.57 Å². The van der Waals surface area contributed by atoms with Crippen LogP contribution in [0.15, 0.2) is 71.6 Å². The van der Waals surface area contributed by atoms with Crippen molar-refractivity contribution < 1.29 is 22.7 Å². The number of rotatable bonds is 5. The van der Waals surface area contributed by atoms with Crippen molar-refractivity contribution in [3.8, 4) is 0 Å². The van der Waals surface area contributed by atoms with Crippen LogP contribution in [0.3, 0.4) is 0 Å². The highest BCUT2D eigenvalue weighted by molar-refractivity contribution is 7.92. The van der Waals surface area contributed by atoms with E-state index in [2.05, 4.69) is 0 Å². The fraction of sp³-hybridized carbons (Fsp3) is 0.0952. The topological polar surface area (TPSA) is 79.6 Å². The number of halogens is 1. The highest BCUT2D eigenvalue weighted by atomic mass is 32.2. The van der Waals surface area contributed by atoms with E-state index in [0.29, 0.717) is 11.2 Å². The normalized spacial score (nSPS) is 11.8. The largest absolute Gasteiger partial charge is 0.480 e. The Morgan fingerprint density at radius 1 is 1.00 bits per heavy atom. The van der Waals surface area contributed by atoms with Crippen LogP contribution < -0.4 is 4.31 Å². The average Bonchev–Trinajstić information content (AvgIpc) is 3.00. The van der Waals surface area contributed by atoms with Gasteiger partial charge in [-0.1, -0.05) is 18.2 Å². The summed E-state index contributed by atoms with van der Waals surface area (Å²) in [5.41, 5.74) is 1.87. The molecule has 0 unspecified atom stereocenters. The molecule has 8 heteroatoms. The first-order chi connectivity index (χ1) is 13.8. The molecular formula is C21H17FN2O4S. The number of hydrogen-bond donors (Lipinski definition) is 1. The third-order valence-electron chi connectivity index (χ3n) is 4.88. The van der Waals surface area contributed by atoms with E-state index < -0.39 is 21.8 Å². The van der Waals surface area contributed by atoms with Crippen molar-refractivity contribution in [3.63, 3.8) is 0 Å². The molecule has 4 rings (SSSR count). The number of carboxylic acid groups (broad SMARTS) is 1. The molecule has 0 spiro atoms. The quantitative estimate of drug-likeness (QED) is 0.540. The second kappa shape index (κ2) is 6.89. The molecule has 0 aliphatic heterocycles. The van der Waals surface area contributed by atoms with E-state index in [9.17, 15) is 22.7 Å². The van der Waals surface area contributed by atoms with Gasteiger partial charge in [-0.3, -0.25) is 9.10 Å². The average molecular weight is 412 g/mol. The third-order valence-corrected chi connectivity index (χ3v) is 6.68. The number of anilines is 1. The molecule has 0 aliphatic carbocycles. The molecule has 0 atom stereocenters. The minimum absolute atomic E-state index is 0.0187. The molecular weight excluding hydrogens is 395 g/mol. The van der Waals surface area contributed by atoms with Gasteiger partial charge < -0.3 is 9.67 Å². The molecule has 29 heavy (non-hydrogen) atoms. The Morgan fingerprint density at radius 2 is 1.66 bits per heavy atom. The summed E-state index contributed by atoms with van der Waals surface area (Å²) < 4.78 is 41.8. The van der Waals surface area contributed by atoms with Gasteiger partial charge in [-0.25, -0.2) is 12.8 Å². The number of hydrogen-bond acceptors (Lipinski definition) is 3. The van der Waals surface area contributed by atoms with Gasteiger partial charge in [0.2, 0.25) is 0 Å². The number of nitrogens with zero attached hydrogens (tertiary/aromatic N) is 2. The second-order valence-electron chi connectivity index (χ2n) is 6.62. The van der Waals surface area contributed by atoms with Crippen molar-refractivity contribution in [2.75, 3.05) is 11.4 Å². The zero-order valence-electron chi connectivity index (χ0n) is 15.4. The van der Waals surface area contributed by atoms with Crippen LogP contribution in [0.5, 0.6) is 0 Å². The van der Waals surface area contributed by atoms with Crippen LogP contribution in [0.4, 0.5) is 10.1 Å². The molecule has 0 radical (unpaired) electrons. The van der Waals surface area contributed by atoms with Gasteiger partial charge in [-0.15, -0.1) is 0 Å². The molecule has 1 heterocycles. The summed E-state index contributed by atoms with van der Waals surface area (Å²) in [6, 6.07) is 17.1. The molecule has 148 valence electrons. The predicted octanol–water partition coefficient (Wildman–Crippen LogP) is 3.84.